The zero-order valence-electron chi connectivity index (χ0n) is 27.9. The van der Waals surface area contributed by atoms with E-state index in [1.54, 1.807) is 0 Å². The monoisotopic (exact) mass is 670 g/mol. The van der Waals surface area contributed by atoms with Crippen molar-refractivity contribution < 1.29 is 0 Å². The number of thiophene rings is 1. The topological polar surface area (TPSA) is 6.48 Å². The van der Waals surface area contributed by atoms with Gasteiger partial charge in [0.2, 0.25) is 0 Å². The van der Waals surface area contributed by atoms with Gasteiger partial charge in [0.25, 0.3) is 0 Å². The molecule has 0 aliphatic heterocycles. The van der Waals surface area contributed by atoms with E-state index in [2.05, 4.69) is 216 Å². The Hall–Kier alpha value is -6.42. The van der Waals surface area contributed by atoms with Gasteiger partial charge in [-0.05, 0) is 95.1 Å². The molecule has 0 radical (unpaired) electrons. The first-order valence-electron chi connectivity index (χ1n) is 17.3. The Labute approximate surface area is 302 Å². The van der Waals surface area contributed by atoms with Crippen LogP contribution in [0.4, 0.5) is 34.1 Å². The van der Waals surface area contributed by atoms with Gasteiger partial charge in [-0.3, -0.25) is 0 Å². The Morgan fingerprint density at radius 2 is 0.686 bits per heavy atom. The van der Waals surface area contributed by atoms with Crippen LogP contribution in [0.15, 0.2) is 206 Å². The first kappa shape index (κ1) is 30.6. The van der Waals surface area contributed by atoms with Crippen molar-refractivity contribution >= 4 is 65.6 Å². The standard InChI is InChI=1S/C48H34N2S/c1-5-15-35(16-6-1)37-25-27-41(28-26-37)49(39-19-9-3-10-20-39)43-31-38(36-17-7-2-8-18-36)32-44(33-43)50(40-21-11-4-12-22-40)42-29-30-46-45-23-13-14-24-47(45)51-48(46)34-42/h1-34H. The molecule has 51 heavy (non-hydrogen) atoms. The highest BCUT2D eigenvalue weighted by Gasteiger charge is 2.20. The fraction of sp³-hybridized carbons (Fsp3) is 0. The minimum atomic E-state index is 1.08. The van der Waals surface area contributed by atoms with E-state index in [1.807, 2.05) is 11.3 Å². The smallest absolute Gasteiger partial charge is 0.0488 e. The van der Waals surface area contributed by atoms with Crippen molar-refractivity contribution in [2.45, 2.75) is 0 Å². The Morgan fingerprint density at radius 1 is 0.255 bits per heavy atom. The van der Waals surface area contributed by atoms with Crippen molar-refractivity contribution in [3.8, 4) is 22.3 Å². The highest BCUT2D eigenvalue weighted by Crippen LogP contribution is 2.45. The minimum absolute atomic E-state index is 1.08. The fourth-order valence-electron chi connectivity index (χ4n) is 6.99. The molecular weight excluding hydrogens is 637 g/mol. The van der Waals surface area contributed by atoms with E-state index in [-0.39, 0.29) is 0 Å². The molecule has 0 amide bonds. The van der Waals surface area contributed by atoms with Gasteiger partial charge in [0.15, 0.2) is 0 Å². The van der Waals surface area contributed by atoms with Crippen LogP contribution >= 0.6 is 11.3 Å². The molecule has 0 spiro atoms. The van der Waals surface area contributed by atoms with E-state index in [0.717, 1.165) is 39.7 Å². The summed E-state index contributed by atoms with van der Waals surface area (Å²) < 4.78 is 2.58. The van der Waals surface area contributed by atoms with E-state index >= 15 is 0 Å². The van der Waals surface area contributed by atoms with Crippen LogP contribution in [-0.4, -0.2) is 0 Å². The van der Waals surface area contributed by atoms with Crippen LogP contribution in [0.5, 0.6) is 0 Å². The molecule has 9 rings (SSSR count). The summed E-state index contributed by atoms with van der Waals surface area (Å²) in [7, 11) is 0. The van der Waals surface area contributed by atoms with Gasteiger partial charge in [-0.15, -0.1) is 11.3 Å². The predicted molar refractivity (Wildman–Crippen MR) is 220 cm³/mol. The van der Waals surface area contributed by atoms with E-state index in [1.165, 1.54) is 36.9 Å². The number of rotatable bonds is 8. The average Bonchev–Trinajstić information content (AvgIpc) is 3.58. The Kier molecular flexibility index (Phi) is 8.09. The molecule has 2 nitrogen and oxygen atoms in total. The second kappa shape index (κ2) is 13.5. The molecule has 0 fully saturated rings. The van der Waals surface area contributed by atoms with Gasteiger partial charge in [-0.2, -0.15) is 0 Å². The maximum Gasteiger partial charge on any atom is 0.0488 e. The highest BCUT2D eigenvalue weighted by molar-refractivity contribution is 7.25. The normalized spacial score (nSPS) is 11.1. The predicted octanol–water partition coefficient (Wildman–Crippen LogP) is 14.3. The van der Waals surface area contributed by atoms with Crippen LogP contribution in [0.25, 0.3) is 42.4 Å². The summed E-state index contributed by atoms with van der Waals surface area (Å²) in [4.78, 5) is 4.75. The Bertz CT molecular complexity index is 2560. The summed E-state index contributed by atoms with van der Waals surface area (Å²) in [5.41, 5.74) is 11.3. The molecule has 0 unspecified atom stereocenters. The van der Waals surface area contributed by atoms with Gasteiger partial charge in [0.1, 0.15) is 0 Å². The molecule has 0 bridgehead atoms. The number of para-hydroxylation sites is 2. The van der Waals surface area contributed by atoms with Crippen molar-refractivity contribution in [3.05, 3.63) is 206 Å². The summed E-state index contributed by atoms with van der Waals surface area (Å²) >= 11 is 1.85. The lowest BCUT2D eigenvalue weighted by molar-refractivity contribution is 1.25. The molecule has 0 aliphatic rings. The molecule has 0 saturated carbocycles. The Morgan fingerprint density at radius 3 is 1.29 bits per heavy atom. The zero-order chi connectivity index (χ0) is 34.0. The van der Waals surface area contributed by atoms with Crippen molar-refractivity contribution in [1.29, 1.82) is 0 Å². The van der Waals surface area contributed by atoms with Crippen LogP contribution in [0.2, 0.25) is 0 Å². The second-order valence-corrected chi connectivity index (χ2v) is 13.7. The van der Waals surface area contributed by atoms with Gasteiger partial charge in [0, 0.05) is 54.3 Å². The highest BCUT2D eigenvalue weighted by atomic mass is 32.1. The lowest BCUT2D eigenvalue weighted by Crippen LogP contribution is -2.13. The second-order valence-electron chi connectivity index (χ2n) is 12.6. The molecule has 8 aromatic carbocycles. The fourth-order valence-corrected chi connectivity index (χ4v) is 8.13. The van der Waals surface area contributed by atoms with E-state index < -0.39 is 0 Å². The van der Waals surface area contributed by atoms with Gasteiger partial charge in [-0.25, -0.2) is 0 Å². The maximum absolute atomic E-state index is 2.39. The summed E-state index contributed by atoms with van der Waals surface area (Å²) in [5.74, 6) is 0. The molecule has 9 aromatic rings. The number of benzene rings is 8. The van der Waals surface area contributed by atoms with Gasteiger partial charge >= 0.3 is 0 Å². The van der Waals surface area contributed by atoms with Crippen molar-refractivity contribution in [1.82, 2.24) is 0 Å². The summed E-state index contributed by atoms with van der Waals surface area (Å²) in [6, 6.07) is 74.1. The van der Waals surface area contributed by atoms with E-state index in [9.17, 15) is 0 Å². The van der Waals surface area contributed by atoms with Crippen LogP contribution in [-0.2, 0) is 0 Å². The summed E-state index contributed by atoms with van der Waals surface area (Å²) in [6.07, 6.45) is 0. The SMILES string of the molecule is c1ccc(-c2ccc(N(c3ccccc3)c3cc(-c4ccccc4)cc(N(c4ccccc4)c4ccc5c(c4)sc4ccccc45)c3)cc2)cc1. The molecule has 0 saturated heterocycles. The number of fused-ring (bicyclic) bond motifs is 3. The lowest BCUT2D eigenvalue weighted by Gasteiger charge is -2.30. The first-order valence-corrected chi connectivity index (χ1v) is 18.1. The largest absolute Gasteiger partial charge is 0.310 e. The molecule has 1 heterocycles. The molecule has 3 heteroatoms. The minimum Gasteiger partial charge on any atom is -0.310 e. The van der Waals surface area contributed by atoms with Crippen LogP contribution in [0.1, 0.15) is 0 Å². The lowest BCUT2D eigenvalue weighted by atomic mass is 10.0. The van der Waals surface area contributed by atoms with Crippen molar-refractivity contribution in [2.24, 2.45) is 0 Å². The summed E-state index contributed by atoms with van der Waals surface area (Å²) in [5, 5.41) is 2.60. The first-order chi connectivity index (χ1) is 25.3. The molecule has 1 aromatic heterocycles. The third kappa shape index (κ3) is 6.05. The average molecular weight is 671 g/mol. The van der Waals surface area contributed by atoms with E-state index in [0.29, 0.717) is 0 Å². The third-order valence-electron chi connectivity index (χ3n) is 9.41. The molecular formula is C48H34N2S. The van der Waals surface area contributed by atoms with Gasteiger partial charge < -0.3 is 9.80 Å². The molecule has 0 N–H and O–H groups in total. The maximum atomic E-state index is 2.39. The number of anilines is 6. The number of hydrogen-bond acceptors (Lipinski definition) is 3. The summed E-state index contributed by atoms with van der Waals surface area (Å²) in [6.45, 7) is 0. The van der Waals surface area contributed by atoms with Gasteiger partial charge in [0.05, 0.1) is 0 Å². The van der Waals surface area contributed by atoms with Crippen molar-refractivity contribution in [3.63, 3.8) is 0 Å². The van der Waals surface area contributed by atoms with Crippen LogP contribution in [0.3, 0.4) is 0 Å². The quantitative estimate of drug-likeness (QED) is 0.159. The molecule has 0 atom stereocenters. The van der Waals surface area contributed by atoms with Gasteiger partial charge in [-0.1, -0.05) is 133 Å². The van der Waals surface area contributed by atoms with Crippen LogP contribution in [0, 0.1) is 0 Å². The number of hydrogen-bond donors (Lipinski definition) is 0. The molecule has 242 valence electrons. The van der Waals surface area contributed by atoms with Crippen molar-refractivity contribution in [2.75, 3.05) is 9.80 Å². The third-order valence-corrected chi connectivity index (χ3v) is 10.5. The van der Waals surface area contributed by atoms with E-state index in [4.69, 9.17) is 0 Å². The van der Waals surface area contributed by atoms with Crippen LogP contribution < -0.4 is 9.80 Å². The molecule has 0 aliphatic carbocycles. The number of nitrogens with zero attached hydrogens (tertiary/aromatic N) is 2. The zero-order valence-corrected chi connectivity index (χ0v) is 28.7. The Balaban J connectivity index is 1.25.